The molecule has 1 saturated carbocycles. The molecule has 0 aromatic heterocycles. The van der Waals surface area contributed by atoms with Crippen molar-refractivity contribution in [1.82, 2.24) is 5.43 Å². The first-order chi connectivity index (χ1) is 14.5. The number of aromatic hydroxyl groups is 1. The van der Waals surface area contributed by atoms with Gasteiger partial charge in [-0.05, 0) is 29.7 Å². The fourth-order valence-corrected chi connectivity index (χ4v) is 3.87. The number of carbonyl (C=O) groups excluding carboxylic acids is 1. The summed E-state index contributed by atoms with van der Waals surface area (Å²) in [5, 5.41) is 24.4. The molecular formula is C23H19N3O4. The lowest BCUT2D eigenvalue weighted by atomic mass is 9.85. The first kappa shape index (κ1) is 19.3. The Labute approximate surface area is 172 Å². The zero-order valence-corrected chi connectivity index (χ0v) is 15.9. The molecule has 7 nitrogen and oxygen atoms in total. The van der Waals surface area contributed by atoms with Crippen molar-refractivity contribution in [3.63, 3.8) is 0 Å². The van der Waals surface area contributed by atoms with Gasteiger partial charge in [0.05, 0.1) is 17.1 Å². The molecule has 1 fully saturated rings. The van der Waals surface area contributed by atoms with E-state index < -0.39 is 16.4 Å². The van der Waals surface area contributed by atoms with Crippen LogP contribution < -0.4 is 5.43 Å². The van der Waals surface area contributed by atoms with Crippen molar-refractivity contribution in [3.05, 3.63) is 106 Å². The van der Waals surface area contributed by atoms with E-state index in [0.29, 0.717) is 12.0 Å². The van der Waals surface area contributed by atoms with Gasteiger partial charge in [-0.1, -0.05) is 60.7 Å². The van der Waals surface area contributed by atoms with Crippen LogP contribution in [0.4, 0.5) is 5.69 Å². The van der Waals surface area contributed by atoms with Crippen molar-refractivity contribution < 1.29 is 14.8 Å². The van der Waals surface area contributed by atoms with E-state index in [1.54, 1.807) is 0 Å². The normalized spacial score (nSPS) is 16.9. The summed E-state index contributed by atoms with van der Waals surface area (Å²) in [6.07, 6.45) is 1.99. The third-order valence-corrected chi connectivity index (χ3v) is 5.44. The molecular weight excluding hydrogens is 382 g/mol. The molecule has 0 bridgehead atoms. The Balaban J connectivity index is 1.52. The van der Waals surface area contributed by atoms with Crippen molar-refractivity contribution in [1.29, 1.82) is 0 Å². The molecule has 1 atom stereocenters. The van der Waals surface area contributed by atoms with Gasteiger partial charge in [0, 0.05) is 17.0 Å². The molecule has 30 heavy (non-hydrogen) atoms. The summed E-state index contributed by atoms with van der Waals surface area (Å²) in [4.78, 5) is 23.1. The zero-order chi connectivity index (χ0) is 21.1. The third-order valence-electron chi connectivity index (χ3n) is 5.44. The number of nitro groups is 1. The van der Waals surface area contributed by atoms with Gasteiger partial charge < -0.3 is 5.11 Å². The molecule has 1 aliphatic rings. The highest BCUT2D eigenvalue weighted by Crippen LogP contribution is 2.58. The molecule has 0 unspecified atom stereocenters. The van der Waals surface area contributed by atoms with Crippen molar-refractivity contribution in [2.45, 2.75) is 11.8 Å². The quantitative estimate of drug-likeness (QED) is 0.373. The number of carbonyl (C=O) groups is 1. The number of hydrazone groups is 1. The summed E-state index contributed by atoms with van der Waals surface area (Å²) in [6.45, 7) is 0. The van der Waals surface area contributed by atoms with Crippen LogP contribution in [0.5, 0.6) is 5.75 Å². The second-order valence-electron chi connectivity index (χ2n) is 7.20. The average molecular weight is 401 g/mol. The van der Waals surface area contributed by atoms with Crippen LogP contribution in [-0.2, 0) is 10.2 Å². The number of nitrogens with one attached hydrogen (secondary N) is 1. The summed E-state index contributed by atoms with van der Waals surface area (Å²) in [5.41, 5.74) is 4.30. The predicted molar refractivity (Wildman–Crippen MR) is 112 cm³/mol. The Kier molecular flexibility index (Phi) is 5.02. The lowest BCUT2D eigenvalue weighted by Gasteiger charge is -2.18. The number of hydrogen-bond donors (Lipinski definition) is 2. The minimum atomic E-state index is -0.677. The first-order valence-corrected chi connectivity index (χ1v) is 9.44. The zero-order valence-electron chi connectivity index (χ0n) is 15.9. The molecule has 3 aromatic rings. The first-order valence-electron chi connectivity index (χ1n) is 9.44. The van der Waals surface area contributed by atoms with Crippen molar-refractivity contribution in [2.24, 2.45) is 11.0 Å². The number of phenolic OH excluding ortho intramolecular Hbond substituents is 1. The van der Waals surface area contributed by atoms with Crippen LogP contribution in [-0.4, -0.2) is 22.2 Å². The van der Waals surface area contributed by atoms with Crippen LogP contribution in [0.25, 0.3) is 0 Å². The minimum absolute atomic E-state index is 0.216. The van der Waals surface area contributed by atoms with Crippen LogP contribution in [0.3, 0.4) is 0 Å². The van der Waals surface area contributed by atoms with Gasteiger partial charge in [-0.15, -0.1) is 0 Å². The van der Waals surface area contributed by atoms with E-state index in [1.165, 1.54) is 24.4 Å². The van der Waals surface area contributed by atoms with E-state index in [1.807, 2.05) is 60.7 Å². The number of phenols is 1. The van der Waals surface area contributed by atoms with E-state index in [0.717, 1.165) is 11.1 Å². The number of nitro benzene ring substituents is 1. The number of amides is 1. The van der Waals surface area contributed by atoms with E-state index >= 15 is 0 Å². The number of rotatable bonds is 6. The largest absolute Gasteiger partial charge is 0.502 e. The van der Waals surface area contributed by atoms with Crippen molar-refractivity contribution in [3.8, 4) is 5.75 Å². The van der Waals surface area contributed by atoms with Crippen LogP contribution >= 0.6 is 0 Å². The molecule has 0 radical (unpaired) electrons. The van der Waals surface area contributed by atoms with E-state index in [2.05, 4.69) is 10.5 Å². The van der Waals surface area contributed by atoms with E-state index in [4.69, 9.17) is 0 Å². The minimum Gasteiger partial charge on any atom is -0.502 e. The molecule has 0 heterocycles. The molecule has 3 aromatic carbocycles. The highest BCUT2D eigenvalue weighted by atomic mass is 16.6. The van der Waals surface area contributed by atoms with Crippen LogP contribution in [0, 0.1) is 16.0 Å². The van der Waals surface area contributed by atoms with Gasteiger partial charge in [0.15, 0.2) is 5.75 Å². The maximum Gasteiger partial charge on any atom is 0.311 e. The summed E-state index contributed by atoms with van der Waals surface area (Å²) >= 11 is 0. The number of benzene rings is 3. The van der Waals surface area contributed by atoms with E-state index in [9.17, 15) is 20.0 Å². The topological polar surface area (TPSA) is 105 Å². The smallest absolute Gasteiger partial charge is 0.311 e. The van der Waals surface area contributed by atoms with Gasteiger partial charge in [0.1, 0.15) is 0 Å². The molecule has 150 valence electrons. The summed E-state index contributed by atoms with van der Waals surface area (Å²) in [7, 11) is 0. The standard InChI is InChI=1S/C23H19N3O4/c27-21-12-11-16(13-20(21)26(29)30)15-24-25-22(28)19-14-23(19,17-7-3-1-4-8-17)18-9-5-2-6-10-18/h1-13,15,19,27H,14H2,(H,25,28)/b24-15+/t19-/m1/s1. The Morgan fingerprint density at radius 1 is 1.07 bits per heavy atom. The third kappa shape index (κ3) is 3.53. The second-order valence-corrected chi connectivity index (χ2v) is 7.20. The van der Waals surface area contributed by atoms with Gasteiger partial charge in [-0.25, -0.2) is 5.43 Å². The molecule has 7 heteroatoms. The molecule has 2 N–H and O–H groups in total. The maximum absolute atomic E-state index is 12.8. The highest BCUT2D eigenvalue weighted by molar-refractivity contribution is 5.88. The molecule has 0 spiro atoms. The fraction of sp³-hybridized carbons (Fsp3) is 0.130. The molecule has 0 aliphatic heterocycles. The fourth-order valence-electron chi connectivity index (χ4n) is 3.87. The van der Waals surface area contributed by atoms with Crippen molar-refractivity contribution >= 4 is 17.8 Å². The highest BCUT2D eigenvalue weighted by Gasteiger charge is 2.60. The molecule has 1 aliphatic carbocycles. The Morgan fingerprint density at radius 3 is 2.23 bits per heavy atom. The number of nitrogens with zero attached hydrogens (tertiary/aromatic N) is 2. The predicted octanol–water partition coefficient (Wildman–Crippen LogP) is 3.76. The Morgan fingerprint density at radius 2 is 1.67 bits per heavy atom. The monoisotopic (exact) mass is 401 g/mol. The van der Waals surface area contributed by atoms with E-state index in [-0.39, 0.29) is 17.2 Å². The molecule has 4 rings (SSSR count). The Bertz CT molecular complexity index is 1070. The Hall–Kier alpha value is -4.00. The lowest BCUT2D eigenvalue weighted by Crippen LogP contribution is -2.25. The van der Waals surface area contributed by atoms with Gasteiger partial charge in [-0.2, -0.15) is 5.10 Å². The molecule has 0 saturated heterocycles. The SMILES string of the molecule is O=C(N/N=C/c1ccc(O)c([N+](=O)[O-])c1)[C@H]1CC1(c1ccccc1)c1ccccc1. The lowest BCUT2D eigenvalue weighted by molar-refractivity contribution is -0.385. The summed E-state index contributed by atoms with van der Waals surface area (Å²) in [5.74, 6) is -0.907. The van der Waals surface area contributed by atoms with Crippen LogP contribution in [0.1, 0.15) is 23.1 Å². The second kappa shape index (κ2) is 7.79. The average Bonchev–Trinajstić information content (AvgIpc) is 3.53. The van der Waals surface area contributed by atoms with Gasteiger partial charge in [0.25, 0.3) is 0 Å². The number of hydrogen-bond acceptors (Lipinski definition) is 5. The summed E-state index contributed by atoms with van der Waals surface area (Å²) in [6, 6.07) is 23.7. The van der Waals surface area contributed by atoms with Gasteiger partial charge in [-0.3, -0.25) is 14.9 Å². The van der Waals surface area contributed by atoms with Crippen LogP contribution in [0.2, 0.25) is 0 Å². The van der Waals surface area contributed by atoms with Crippen molar-refractivity contribution in [2.75, 3.05) is 0 Å². The maximum atomic E-state index is 12.8. The van der Waals surface area contributed by atoms with Gasteiger partial charge >= 0.3 is 5.69 Å². The molecule has 1 amide bonds. The summed E-state index contributed by atoms with van der Waals surface area (Å²) < 4.78 is 0. The van der Waals surface area contributed by atoms with Crippen LogP contribution in [0.15, 0.2) is 84.0 Å². The van der Waals surface area contributed by atoms with Gasteiger partial charge in [0.2, 0.25) is 5.91 Å².